The largest absolute Gasteiger partial charge is 0.326 e. The number of para-hydroxylation sites is 1. The number of halogens is 1. The van der Waals surface area contributed by atoms with Crippen LogP contribution in [-0.4, -0.2) is 18.4 Å². The molecule has 1 N–H and O–H groups in total. The average molecular weight is 329 g/mol. The Balaban J connectivity index is 1.67. The quantitative estimate of drug-likeness (QED) is 0.874. The van der Waals surface area contributed by atoms with Crippen molar-refractivity contribution >= 4 is 34.8 Å². The Bertz CT molecular complexity index is 745. The number of rotatable bonds is 3. The van der Waals surface area contributed by atoms with E-state index in [4.69, 9.17) is 11.6 Å². The van der Waals surface area contributed by atoms with Gasteiger partial charge >= 0.3 is 0 Å². The van der Waals surface area contributed by atoms with Crippen molar-refractivity contribution in [2.45, 2.75) is 19.3 Å². The fourth-order valence-corrected chi connectivity index (χ4v) is 2.99. The van der Waals surface area contributed by atoms with Crippen LogP contribution in [0.2, 0.25) is 5.02 Å². The van der Waals surface area contributed by atoms with Crippen molar-refractivity contribution < 1.29 is 9.59 Å². The number of carbonyl (C=O) groups is 2. The highest BCUT2D eigenvalue weighted by molar-refractivity contribution is 6.30. The summed E-state index contributed by atoms with van der Waals surface area (Å²) in [6.45, 7) is 0.653. The molecule has 0 saturated carbocycles. The van der Waals surface area contributed by atoms with E-state index in [1.54, 1.807) is 29.2 Å². The van der Waals surface area contributed by atoms with E-state index in [9.17, 15) is 9.59 Å². The number of benzene rings is 2. The van der Waals surface area contributed by atoms with Crippen molar-refractivity contribution in [1.29, 1.82) is 0 Å². The molecule has 118 valence electrons. The van der Waals surface area contributed by atoms with Crippen LogP contribution in [0.4, 0.5) is 11.4 Å². The second kappa shape index (κ2) is 6.84. The number of anilines is 2. The molecule has 5 heteroatoms. The number of hydrogen-bond acceptors (Lipinski definition) is 2. The summed E-state index contributed by atoms with van der Waals surface area (Å²) in [5, 5.41) is 3.25. The van der Waals surface area contributed by atoms with Gasteiger partial charge in [-0.15, -0.1) is 0 Å². The van der Waals surface area contributed by atoms with Crippen LogP contribution in [0, 0.1) is 0 Å². The lowest BCUT2D eigenvalue weighted by atomic mass is 10.0. The van der Waals surface area contributed by atoms with E-state index in [2.05, 4.69) is 5.32 Å². The lowest BCUT2D eigenvalue weighted by molar-refractivity contribution is -0.125. The van der Waals surface area contributed by atoms with Crippen molar-refractivity contribution in [2.75, 3.05) is 16.8 Å². The van der Waals surface area contributed by atoms with Crippen molar-refractivity contribution in [1.82, 2.24) is 0 Å². The fourth-order valence-electron chi connectivity index (χ4n) is 2.80. The molecule has 4 nitrogen and oxygen atoms in total. The van der Waals surface area contributed by atoms with E-state index < -0.39 is 0 Å². The highest BCUT2D eigenvalue weighted by atomic mass is 35.5. The van der Waals surface area contributed by atoms with Crippen LogP contribution < -0.4 is 10.2 Å². The smallest absolute Gasteiger partial charge is 0.236 e. The van der Waals surface area contributed by atoms with E-state index in [1.165, 1.54) is 0 Å². The second-order valence-corrected chi connectivity index (χ2v) is 5.95. The van der Waals surface area contributed by atoms with Crippen LogP contribution in [0.3, 0.4) is 0 Å². The normalized spacial score (nSPS) is 13.3. The number of nitrogens with zero attached hydrogens (tertiary/aromatic N) is 1. The Labute approximate surface area is 140 Å². The molecule has 2 aromatic rings. The third-order valence-corrected chi connectivity index (χ3v) is 4.07. The maximum atomic E-state index is 12.5. The third kappa shape index (κ3) is 3.71. The summed E-state index contributed by atoms with van der Waals surface area (Å²) in [6.07, 6.45) is 1.70. The topological polar surface area (TPSA) is 49.4 Å². The first kappa shape index (κ1) is 15.6. The fraction of sp³-hybridized carbons (Fsp3) is 0.222. The van der Waals surface area contributed by atoms with Crippen molar-refractivity contribution in [3.8, 4) is 0 Å². The van der Waals surface area contributed by atoms with E-state index in [-0.39, 0.29) is 18.2 Å². The van der Waals surface area contributed by atoms with Gasteiger partial charge in [0.2, 0.25) is 11.8 Å². The zero-order valence-corrected chi connectivity index (χ0v) is 13.3. The first-order chi connectivity index (χ1) is 11.1. The minimum atomic E-state index is -0.333. The lowest BCUT2D eigenvalue weighted by Crippen LogP contribution is -2.37. The monoisotopic (exact) mass is 328 g/mol. The molecule has 1 heterocycles. The highest BCUT2D eigenvalue weighted by Gasteiger charge is 2.23. The summed E-state index contributed by atoms with van der Waals surface area (Å²) >= 11 is 5.89. The van der Waals surface area contributed by atoms with E-state index in [0.29, 0.717) is 17.3 Å². The van der Waals surface area contributed by atoms with Crippen molar-refractivity contribution in [3.63, 3.8) is 0 Å². The molecule has 23 heavy (non-hydrogen) atoms. The van der Waals surface area contributed by atoms with Crippen molar-refractivity contribution in [3.05, 3.63) is 59.1 Å². The molecule has 0 radical (unpaired) electrons. The lowest BCUT2D eigenvalue weighted by Gasteiger charge is -2.29. The molecule has 2 aromatic carbocycles. The Hall–Kier alpha value is -2.33. The summed E-state index contributed by atoms with van der Waals surface area (Å²) in [4.78, 5) is 26.3. The molecular weight excluding hydrogens is 312 g/mol. The van der Waals surface area contributed by atoms with Gasteiger partial charge in [0.05, 0.1) is 0 Å². The van der Waals surface area contributed by atoms with Crippen LogP contribution in [0.5, 0.6) is 0 Å². The molecule has 3 rings (SSSR count). The number of aryl methyl sites for hydroxylation is 1. The number of nitrogens with one attached hydrogen (secondary N) is 1. The second-order valence-electron chi connectivity index (χ2n) is 5.51. The molecule has 1 aliphatic rings. The first-order valence-corrected chi connectivity index (χ1v) is 7.95. The van der Waals surface area contributed by atoms with Crippen LogP contribution in [0.1, 0.15) is 18.4 Å². The average Bonchev–Trinajstić information content (AvgIpc) is 2.54. The number of fused-ring (bicyclic) bond motifs is 1. The maximum absolute atomic E-state index is 12.5. The van der Waals surface area contributed by atoms with Gasteiger partial charge < -0.3 is 10.2 Å². The Morgan fingerprint density at radius 3 is 2.78 bits per heavy atom. The minimum Gasteiger partial charge on any atom is -0.326 e. The summed E-state index contributed by atoms with van der Waals surface area (Å²) in [6, 6.07) is 14.7. The van der Waals surface area contributed by atoms with Gasteiger partial charge in [-0.25, -0.2) is 0 Å². The molecule has 0 spiro atoms. The Morgan fingerprint density at radius 2 is 1.96 bits per heavy atom. The highest BCUT2D eigenvalue weighted by Crippen LogP contribution is 2.27. The zero-order chi connectivity index (χ0) is 16.2. The zero-order valence-electron chi connectivity index (χ0n) is 12.6. The summed E-state index contributed by atoms with van der Waals surface area (Å²) in [7, 11) is 0. The molecule has 0 unspecified atom stereocenters. The number of amides is 2. The van der Waals surface area contributed by atoms with E-state index in [1.807, 2.05) is 24.3 Å². The van der Waals surface area contributed by atoms with Crippen LogP contribution in [0.15, 0.2) is 48.5 Å². The molecule has 0 bridgehead atoms. The number of carbonyl (C=O) groups excluding carboxylic acids is 2. The SMILES string of the molecule is O=C(CC(=O)N1CCCc2ccccc21)Nc1cccc(Cl)c1. The standard InChI is InChI=1S/C18H17ClN2O2/c19-14-7-3-8-15(11-14)20-17(22)12-18(23)21-10-4-6-13-5-1-2-9-16(13)21/h1-3,5,7-9,11H,4,6,10,12H2,(H,20,22). The van der Waals surface area contributed by atoms with Crippen LogP contribution in [0.25, 0.3) is 0 Å². The predicted molar refractivity (Wildman–Crippen MR) is 91.8 cm³/mol. The molecule has 0 aromatic heterocycles. The summed E-state index contributed by atoms with van der Waals surface area (Å²) in [5.41, 5.74) is 2.66. The van der Waals surface area contributed by atoms with Gasteiger partial charge in [0.15, 0.2) is 0 Å². The van der Waals surface area contributed by atoms with Gasteiger partial charge in [0.25, 0.3) is 0 Å². The van der Waals surface area contributed by atoms with Crippen molar-refractivity contribution in [2.24, 2.45) is 0 Å². The van der Waals surface area contributed by atoms with Gasteiger partial charge in [-0.3, -0.25) is 9.59 Å². The van der Waals surface area contributed by atoms with Gasteiger partial charge in [-0.05, 0) is 42.7 Å². The molecule has 0 fully saturated rings. The maximum Gasteiger partial charge on any atom is 0.236 e. The Kier molecular flexibility index (Phi) is 4.63. The molecule has 2 amide bonds. The summed E-state index contributed by atoms with van der Waals surface area (Å²) < 4.78 is 0. The molecule has 0 aliphatic carbocycles. The van der Waals surface area contributed by atoms with Gasteiger partial charge in [0.1, 0.15) is 6.42 Å². The van der Waals surface area contributed by atoms with Gasteiger partial charge in [-0.2, -0.15) is 0 Å². The molecule has 1 aliphatic heterocycles. The van der Waals surface area contributed by atoms with Crippen LogP contribution in [-0.2, 0) is 16.0 Å². The summed E-state index contributed by atoms with van der Waals surface area (Å²) in [5.74, 6) is -0.517. The Morgan fingerprint density at radius 1 is 1.13 bits per heavy atom. The minimum absolute atomic E-state index is 0.180. The number of hydrogen-bond donors (Lipinski definition) is 1. The third-order valence-electron chi connectivity index (χ3n) is 3.83. The molecule has 0 saturated heterocycles. The van der Waals surface area contributed by atoms with E-state index >= 15 is 0 Å². The first-order valence-electron chi connectivity index (χ1n) is 7.57. The van der Waals surface area contributed by atoms with Crippen LogP contribution >= 0.6 is 11.6 Å². The van der Waals surface area contributed by atoms with E-state index in [0.717, 1.165) is 24.1 Å². The molecule has 0 atom stereocenters. The predicted octanol–water partition coefficient (Wildman–Crippen LogP) is 3.65. The molecular formula is C18H17ClN2O2. The van der Waals surface area contributed by atoms with Gasteiger partial charge in [-0.1, -0.05) is 35.9 Å². The van der Waals surface area contributed by atoms with Gasteiger partial charge in [0, 0.05) is 22.9 Å².